The van der Waals surface area contributed by atoms with Crippen molar-refractivity contribution in [1.82, 2.24) is 9.97 Å². The molecule has 72 valence electrons. The summed E-state index contributed by atoms with van der Waals surface area (Å²) in [6.07, 6.45) is 0.527. The van der Waals surface area contributed by atoms with Crippen molar-refractivity contribution >= 4 is 17.4 Å². The normalized spacial score (nSPS) is 10.8. The van der Waals surface area contributed by atoms with E-state index in [2.05, 4.69) is 9.97 Å². The van der Waals surface area contributed by atoms with E-state index < -0.39 is 0 Å². The minimum Gasteiger partial charge on any atom is -0.326 e. The van der Waals surface area contributed by atoms with Crippen LogP contribution in [0.1, 0.15) is 36.5 Å². The van der Waals surface area contributed by atoms with E-state index in [0.29, 0.717) is 23.7 Å². The third-order valence-corrected chi connectivity index (χ3v) is 1.91. The zero-order valence-electron chi connectivity index (χ0n) is 8.02. The summed E-state index contributed by atoms with van der Waals surface area (Å²) in [5.41, 5.74) is 1.22. The van der Waals surface area contributed by atoms with Gasteiger partial charge in [-0.1, -0.05) is 13.8 Å². The van der Waals surface area contributed by atoms with Gasteiger partial charge in [-0.2, -0.15) is 0 Å². The summed E-state index contributed by atoms with van der Waals surface area (Å²) in [7, 11) is 0. The Morgan fingerprint density at radius 2 is 2.23 bits per heavy atom. The Morgan fingerprint density at radius 1 is 1.62 bits per heavy atom. The van der Waals surface area contributed by atoms with Crippen molar-refractivity contribution in [3.8, 4) is 0 Å². The van der Waals surface area contributed by atoms with Crippen LogP contribution in [0.2, 0.25) is 5.28 Å². The first-order valence-corrected chi connectivity index (χ1v) is 4.63. The predicted molar refractivity (Wildman–Crippen MR) is 52.1 cm³/mol. The summed E-state index contributed by atoms with van der Waals surface area (Å²) < 4.78 is 0. The molecule has 0 fully saturated rings. The first-order valence-electron chi connectivity index (χ1n) is 4.26. The van der Waals surface area contributed by atoms with Crippen molar-refractivity contribution in [2.45, 2.75) is 27.2 Å². The Balaban J connectivity index is 2.82. The number of aryl methyl sites for hydroxylation is 1. The molecule has 1 rings (SSSR count). The first-order chi connectivity index (χ1) is 6.00. The highest BCUT2D eigenvalue weighted by molar-refractivity contribution is 6.28. The Morgan fingerprint density at radius 3 is 2.62 bits per heavy atom. The highest BCUT2D eigenvalue weighted by Gasteiger charge is 2.14. The van der Waals surface area contributed by atoms with Crippen LogP contribution in [0, 0.1) is 12.8 Å². The fourth-order valence-electron chi connectivity index (χ4n) is 1.17. The molecule has 0 aliphatic rings. The van der Waals surface area contributed by atoms with Gasteiger partial charge in [0.25, 0.3) is 0 Å². The number of aromatic nitrogens is 2. The van der Waals surface area contributed by atoms with Crippen molar-refractivity contribution < 1.29 is 4.79 Å². The molecule has 0 atom stereocenters. The Kier molecular flexibility index (Phi) is 3.09. The SMILES string of the molecule is Cc1nc(Cl)[nH]c1C(=O)CC(C)C. The predicted octanol–water partition coefficient (Wildman–Crippen LogP) is 2.60. The third-order valence-electron chi connectivity index (χ3n) is 1.73. The molecule has 1 N–H and O–H groups in total. The topological polar surface area (TPSA) is 45.8 Å². The van der Waals surface area contributed by atoms with Gasteiger partial charge in [-0.25, -0.2) is 4.98 Å². The minimum absolute atomic E-state index is 0.0758. The van der Waals surface area contributed by atoms with Gasteiger partial charge in [0.15, 0.2) is 5.78 Å². The van der Waals surface area contributed by atoms with E-state index in [4.69, 9.17) is 11.6 Å². The molecule has 0 saturated heterocycles. The van der Waals surface area contributed by atoms with E-state index in [1.54, 1.807) is 6.92 Å². The summed E-state index contributed by atoms with van der Waals surface area (Å²) in [6.45, 7) is 5.78. The lowest BCUT2D eigenvalue weighted by molar-refractivity contribution is 0.0963. The molecule has 0 spiro atoms. The van der Waals surface area contributed by atoms with Gasteiger partial charge in [-0.3, -0.25) is 4.79 Å². The zero-order valence-corrected chi connectivity index (χ0v) is 8.77. The molecular weight excluding hydrogens is 188 g/mol. The van der Waals surface area contributed by atoms with E-state index in [1.165, 1.54) is 0 Å². The van der Waals surface area contributed by atoms with Crippen LogP contribution >= 0.6 is 11.6 Å². The maximum absolute atomic E-state index is 11.6. The molecule has 0 unspecified atom stereocenters. The molecule has 0 amide bonds. The number of hydrogen-bond acceptors (Lipinski definition) is 2. The van der Waals surface area contributed by atoms with Gasteiger partial charge in [0, 0.05) is 6.42 Å². The third kappa shape index (κ3) is 2.56. The number of carbonyl (C=O) groups is 1. The second-order valence-electron chi connectivity index (χ2n) is 3.51. The second kappa shape index (κ2) is 3.92. The zero-order chi connectivity index (χ0) is 10.0. The number of hydrogen-bond donors (Lipinski definition) is 1. The molecule has 0 aromatic carbocycles. The van der Waals surface area contributed by atoms with Crippen molar-refractivity contribution in [3.63, 3.8) is 0 Å². The van der Waals surface area contributed by atoms with Crippen molar-refractivity contribution in [2.24, 2.45) is 5.92 Å². The maximum atomic E-state index is 11.6. The lowest BCUT2D eigenvalue weighted by Crippen LogP contribution is -2.05. The monoisotopic (exact) mass is 200 g/mol. The van der Waals surface area contributed by atoms with Crippen LogP contribution in [-0.4, -0.2) is 15.8 Å². The summed E-state index contributed by atoms with van der Waals surface area (Å²) in [6, 6.07) is 0. The van der Waals surface area contributed by atoms with Crippen LogP contribution < -0.4 is 0 Å². The van der Waals surface area contributed by atoms with Crippen LogP contribution in [0.15, 0.2) is 0 Å². The lowest BCUT2D eigenvalue weighted by Gasteiger charge is -2.01. The molecule has 1 aromatic heterocycles. The maximum Gasteiger partial charge on any atom is 0.200 e. The molecule has 0 radical (unpaired) electrons. The Bertz CT molecular complexity index is 317. The largest absolute Gasteiger partial charge is 0.326 e. The van der Waals surface area contributed by atoms with Crippen molar-refractivity contribution in [1.29, 1.82) is 0 Å². The lowest BCUT2D eigenvalue weighted by atomic mass is 10.0. The van der Waals surface area contributed by atoms with Crippen LogP contribution in [0.25, 0.3) is 0 Å². The standard InChI is InChI=1S/C9H13ClN2O/c1-5(2)4-7(13)8-6(3)11-9(10)12-8/h5H,4H2,1-3H3,(H,11,12). The molecule has 13 heavy (non-hydrogen) atoms. The Labute approximate surface area is 82.5 Å². The fraction of sp³-hybridized carbons (Fsp3) is 0.556. The molecule has 0 aliphatic carbocycles. The number of halogens is 1. The molecule has 0 saturated carbocycles. The molecule has 1 aromatic rings. The van der Waals surface area contributed by atoms with Gasteiger partial charge < -0.3 is 4.98 Å². The highest BCUT2D eigenvalue weighted by Crippen LogP contribution is 2.13. The van der Waals surface area contributed by atoms with E-state index >= 15 is 0 Å². The molecule has 3 nitrogen and oxygen atoms in total. The molecule has 4 heteroatoms. The summed E-state index contributed by atoms with van der Waals surface area (Å²) in [4.78, 5) is 18.2. The van der Waals surface area contributed by atoms with E-state index in [0.717, 1.165) is 0 Å². The quantitative estimate of drug-likeness (QED) is 0.763. The number of nitrogens with zero attached hydrogens (tertiary/aromatic N) is 1. The van der Waals surface area contributed by atoms with E-state index in [9.17, 15) is 4.79 Å². The molecule has 0 aliphatic heterocycles. The number of Topliss-reactive ketones (excluding diaryl/α,β-unsaturated/α-hetero) is 1. The number of nitrogens with one attached hydrogen (secondary N) is 1. The van der Waals surface area contributed by atoms with Gasteiger partial charge in [0.05, 0.1) is 5.69 Å². The Hall–Kier alpha value is -0.830. The smallest absolute Gasteiger partial charge is 0.200 e. The number of H-pyrrole nitrogens is 1. The van der Waals surface area contributed by atoms with Gasteiger partial charge in [-0.15, -0.1) is 0 Å². The van der Waals surface area contributed by atoms with Crippen LogP contribution in [0.5, 0.6) is 0 Å². The number of aromatic amines is 1. The molecule has 1 heterocycles. The van der Waals surface area contributed by atoms with E-state index in [-0.39, 0.29) is 11.1 Å². The number of imidazole rings is 1. The van der Waals surface area contributed by atoms with Gasteiger partial charge in [0.1, 0.15) is 5.69 Å². The summed E-state index contributed by atoms with van der Waals surface area (Å²) in [5.74, 6) is 0.431. The minimum atomic E-state index is 0.0758. The summed E-state index contributed by atoms with van der Waals surface area (Å²) in [5, 5.41) is 0.282. The van der Waals surface area contributed by atoms with Crippen molar-refractivity contribution in [2.75, 3.05) is 0 Å². The average molecular weight is 201 g/mol. The van der Waals surface area contributed by atoms with Gasteiger partial charge in [0.2, 0.25) is 5.28 Å². The van der Waals surface area contributed by atoms with E-state index in [1.807, 2.05) is 13.8 Å². The first kappa shape index (κ1) is 10.3. The number of rotatable bonds is 3. The molecule has 0 bridgehead atoms. The summed E-state index contributed by atoms with van der Waals surface area (Å²) >= 11 is 5.63. The fourth-order valence-corrected chi connectivity index (χ4v) is 1.39. The van der Waals surface area contributed by atoms with Crippen LogP contribution in [-0.2, 0) is 0 Å². The average Bonchev–Trinajstić information content (AvgIpc) is 2.28. The second-order valence-corrected chi connectivity index (χ2v) is 3.87. The van der Waals surface area contributed by atoms with Gasteiger partial charge >= 0.3 is 0 Å². The number of carbonyl (C=O) groups excluding carboxylic acids is 1. The van der Waals surface area contributed by atoms with Gasteiger partial charge in [-0.05, 0) is 24.4 Å². The molecular formula is C9H13ClN2O. The van der Waals surface area contributed by atoms with Crippen LogP contribution in [0.4, 0.5) is 0 Å². The highest BCUT2D eigenvalue weighted by atomic mass is 35.5. The van der Waals surface area contributed by atoms with Crippen molar-refractivity contribution in [3.05, 3.63) is 16.7 Å². The van der Waals surface area contributed by atoms with Crippen LogP contribution in [0.3, 0.4) is 0 Å². The number of ketones is 1.